The summed E-state index contributed by atoms with van der Waals surface area (Å²) in [6.07, 6.45) is 1.92. The van der Waals surface area contributed by atoms with E-state index in [1.54, 1.807) is 7.11 Å². The largest absolute Gasteiger partial charge is 0.496 e. The predicted molar refractivity (Wildman–Crippen MR) is 49.6 cm³/mol. The molecule has 2 rings (SSSR count). The van der Waals surface area contributed by atoms with Gasteiger partial charge in [-0.05, 0) is 30.7 Å². The van der Waals surface area contributed by atoms with Gasteiger partial charge in [0.2, 0.25) is 0 Å². The zero-order valence-electron chi connectivity index (χ0n) is 7.22. The third-order valence-electron chi connectivity index (χ3n) is 2.00. The van der Waals surface area contributed by atoms with E-state index in [0.717, 1.165) is 16.7 Å². The number of fused-ring (bicyclic) bond motifs is 1. The molecule has 62 valence electrons. The first-order chi connectivity index (χ1) is 5.81. The van der Waals surface area contributed by atoms with Gasteiger partial charge in [0.25, 0.3) is 0 Å². The highest BCUT2D eigenvalue weighted by atomic mass is 16.5. The minimum absolute atomic E-state index is 0.936. The highest BCUT2D eigenvalue weighted by Crippen LogP contribution is 2.25. The van der Waals surface area contributed by atoms with E-state index in [0.29, 0.717) is 0 Å². The van der Waals surface area contributed by atoms with Gasteiger partial charge < -0.3 is 9.72 Å². The van der Waals surface area contributed by atoms with Gasteiger partial charge in [-0.3, -0.25) is 0 Å². The number of methoxy groups -OCH3 is 1. The summed E-state index contributed by atoms with van der Waals surface area (Å²) < 4.78 is 5.25. The fourth-order valence-corrected chi connectivity index (χ4v) is 1.44. The molecule has 0 unspecified atom stereocenters. The Morgan fingerprint density at radius 2 is 2.17 bits per heavy atom. The Morgan fingerprint density at radius 1 is 1.33 bits per heavy atom. The maximum Gasteiger partial charge on any atom is 0.128 e. The number of aromatic amines is 1. The summed E-state index contributed by atoms with van der Waals surface area (Å²) in [5, 5.41) is 1.14. The molecule has 0 fully saturated rings. The van der Waals surface area contributed by atoms with E-state index >= 15 is 0 Å². The van der Waals surface area contributed by atoms with Crippen molar-refractivity contribution in [2.75, 3.05) is 7.11 Å². The second kappa shape index (κ2) is 2.55. The zero-order chi connectivity index (χ0) is 8.55. The molecule has 1 aromatic heterocycles. The van der Waals surface area contributed by atoms with Crippen molar-refractivity contribution in [3.8, 4) is 5.75 Å². The molecule has 1 N–H and O–H groups in total. The lowest BCUT2D eigenvalue weighted by molar-refractivity contribution is 0.419. The van der Waals surface area contributed by atoms with Crippen LogP contribution in [0.1, 0.15) is 5.56 Å². The molecule has 0 bridgehead atoms. The van der Waals surface area contributed by atoms with Gasteiger partial charge in [0.1, 0.15) is 5.75 Å². The fraction of sp³-hybridized carbons (Fsp3) is 0.200. The molecule has 1 heterocycles. The van der Waals surface area contributed by atoms with Crippen LogP contribution in [0.2, 0.25) is 0 Å². The number of H-pyrrole nitrogens is 1. The third-order valence-corrected chi connectivity index (χ3v) is 2.00. The second-order valence-corrected chi connectivity index (χ2v) is 2.91. The normalized spacial score (nSPS) is 10.5. The van der Waals surface area contributed by atoms with Crippen LogP contribution in [0.4, 0.5) is 0 Å². The monoisotopic (exact) mass is 161 g/mol. The molecule has 2 nitrogen and oxygen atoms in total. The quantitative estimate of drug-likeness (QED) is 0.682. The number of ether oxygens (including phenoxy) is 1. The molecule has 2 heteroatoms. The van der Waals surface area contributed by atoms with Crippen molar-refractivity contribution in [3.05, 3.63) is 30.0 Å². The average Bonchev–Trinajstić information content (AvgIpc) is 2.50. The highest BCUT2D eigenvalue weighted by molar-refractivity contribution is 5.86. The lowest BCUT2D eigenvalue weighted by Gasteiger charge is -2.02. The number of aromatic nitrogens is 1. The van der Waals surface area contributed by atoms with Crippen LogP contribution < -0.4 is 4.74 Å². The lowest BCUT2D eigenvalue weighted by atomic mass is 10.1. The Bertz CT molecular complexity index is 403. The summed E-state index contributed by atoms with van der Waals surface area (Å²) >= 11 is 0. The maximum atomic E-state index is 5.25. The Kier molecular flexibility index (Phi) is 1.54. The Labute approximate surface area is 71.2 Å². The topological polar surface area (TPSA) is 25.0 Å². The van der Waals surface area contributed by atoms with Crippen molar-refractivity contribution in [2.45, 2.75) is 6.92 Å². The van der Waals surface area contributed by atoms with Crippen molar-refractivity contribution in [1.29, 1.82) is 0 Å². The lowest BCUT2D eigenvalue weighted by Crippen LogP contribution is -1.84. The SMILES string of the molecule is COc1cc(C)cc2[nH]ccc12. The molecular weight excluding hydrogens is 150 g/mol. The van der Waals surface area contributed by atoms with Crippen molar-refractivity contribution < 1.29 is 4.74 Å². The van der Waals surface area contributed by atoms with Gasteiger partial charge in [0.15, 0.2) is 0 Å². The van der Waals surface area contributed by atoms with Crippen molar-refractivity contribution in [1.82, 2.24) is 4.98 Å². The molecule has 0 amide bonds. The van der Waals surface area contributed by atoms with E-state index in [4.69, 9.17) is 4.74 Å². The minimum Gasteiger partial charge on any atom is -0.496 e. The van der Waals surface area contributed by atoms with Gasteiger partial charge in [0, 0.05) is 17.1 Å². The number of benzene rings is 1. The molecule has 1 aromatic carbocycles. The maximum absolute atomic E-state index is 5.25. The van der Waals surface area contributed by atoms with Crippen LogP contribution >= 0.6 is 0 Å². The van der Waals surface area contributed by atoms with E-state index < -0.39 is 0 Å². The number of hydrogen-bond donors (Lipinski definition) is 1. The first-order valence-electron chi connectivity index (χ1n) is 3.93. The molecule has 0 spiro atoms. The first kappa shape index (κ1) is 7.22. The van der Waals surface area contributed by atoms with Gasteiger partial charge in [-0.2, -0.15) is 0 Å². The summed E-state index contributed by atoms with van der Waals surface area (Å²) in [7, 11) is 1.70. The smallest absolute Gasteiger partial charge is 0.128 e. The molecule has 0 saturated carbocycles. The molecule has 0 saturated heterocycles. The van der Waals surface area contributed by atoms with Gasteiger partial charge >= 0.3 is 0 Å². The van der Waals surface area contributed by atoms with Crippen LogP contribution in [0.25, 0.3) is 10.9 Å². The molecular formula is C10H11NO. The number of aryl methyl sites for hydroxylation is 1. The van der Waals surface area contributed by atoms with Crippen LogP contribution in [0, 0.1) is 6.92 Å². The standard InChI is InChI=1S/C10H11NO/c1-7-5-9-8(3-4-11-9)10(6-7)12-2/h3-6,11H,1-2H3. The van der Waals surface area contributed by atoms with E-state index in [1.165, 1.54) is 5.56 Å². The Hall–Kier alpha value is -1.44. The van der Waals surface area contributed by atoms with Crippen molar-refractivity contribution in [3.63, 3.8) is 0 Å². The van der Waals surface area contributed by atoms with E-state index in [1.807, 2.05) is 18.3 Å². The van der Waals surface area contributed by atoms with E-state index in [9.17, 15) is 0 Å². The van der Waals surface area contributed by atoms with Crippen molar-refractivity contribution in [2.24, 2.45) is 0 Å². The first-order valence-corrected chi connectivity index (χ1v) is 3.93. The fourth-order valence-electron chi connectivity index (χ4n) is 1.44. The molecule has 12 heavy (non-hydrogen) atoms. The second-order valence-electron chi connectivity index (χ2n) is 2.91. The van der Waals surface area contributed by atoms with Crippen LogP contribution in [0.15, 0.2) is 24.4 Å². The summed E-state index contributed by atoms with van der Waals surface area (Å²) in [6.45, 7) is 2.06. The molecule has 0 aliphatic rings. The van der Waals surface area contributed by atoms with Gasteiger partial charge in [-0.25, -0.2) is 0 Å². The Morgan fingerprint density at radius 3 is 2.92 bits per heavy atom. The minimum atomic E-state index is 0.936. The zero-order valence-corrected chi connectivity index (χ0v) is 7.22. The molecule has 0 aliphatic carbocycles. The van der Waals surface area contributed by atoms with Crippen LogP contribution in [-0.4, -0.2) is 12.1 Å². The van der Waals surface area contributed by atoms with Gasteiger partial charge in [-0.15, -0.1) is 0 Å². The molecule has 0 atom stereocenters. The molecule has 2 aromatic rings. The molecule has 0 aliphatic heterocycles. The van der Waals surface area contributed by atoms with E-state index in [2.05, 4.69) is 18.0 Å². The van der Waals surface area contributed by atoms with Crippen LogP contribution in [-0.2, 0) is 0 Å². The van der Waals surface area contributed by atoms with Crippen molar-refractivity contribution >= 4 is 10.9 Å². The van der Waals surface area contributed by atoms with Crippen LogP contribution in [0.3, 0.4) is 0 Å². The third kappa shape index (κ3) is 0.961. The number of nitrogens with one attached hydrogen (secondary N) is 1. The Balaban J connectivity index is 2.80. The number of rotatable bonds is 1. The van der Waals surface area contributed by atoms with Gasteiger partial charge in [0.05, 0.1) is 7.11 Å². The highest BCUT2D eigenvalue weighted by Gasteiger charge is 2.01. The molecule has 0 radical (unpaired) electrons. The van der Waals surface area contributed by atoms with Crippen LogP contribution in [0.5, 0.6) is 5.75 Å². The summed E-state index contributed by atoms with van der Waals surface area (Å²) in [4.78, 5) is 3.16. The summed E-state index contributed by atoms with van der Waals surface area (Å²) in [6, 6.07) is 6.17. The average molecular weight is 161 g/mol. The summed E-state index contributed by atoms with van der Waals surface area (Å²) in [5.41, 5.74) is 2.34. The van der Waals surface area contributed by atoms with E-state index in [-0.39, 0.29) is 0 Å². The summed E-state index contributed by atoms with van der Waals surface area (Å²) in [5.74, 6) is 0.936. The predicted octanol–water partition coefficient (Wildman–Crippen LogP) is 2.48. The van der Waals surface area contributed by atoms with Gasteiger partial charge in [-0.1, -0.05) is 0 Å². The number of hydrogen-bond acceptors (Lipinski definition) is 1.